The number of unbranched alkanes of at least 4 members (excludes halogenated alkanes) is 1. The lowest BCUT2D eigenvalue weighted by molar-refractivity contribution is 0.452. The minimum Gasteiger partial charge on any atom is -0.492 e. The molecule has 3 aromatic rings. The molecule has 5 nitrogen and oxygen atoms in total. The van der Waals surface area contributed by atoms with Crippen molar-refractivity contribution in [2.24, 2.45) is 0 Å². The minimum absolute atomic E-state index is 0.0434. The molecule has 0 amide bonds. The second-order valence-electron chi connectivity index (χ2n) is 5.57. The van der Waals surface area contributed by atoms with Gasteiger partial charge in [0.1, 0.15) is 0 Å². The van der Waals surface area contributed by atoms with Crippen LogP contribution >= 0.6 is 22.6 Å². The first-order valence-electron chi connectivity index (χ1n) is 7.62. The van der Waals surface area contributed by atoms with E-state index in [0.717, 1.165) is 34.1 Å². The van der Waals surface area contributed by atoms with E-state index < -0.39 is 0 Å². The van der Waals surface area contributed by atoms with Crippen molar-refractivity contribution in [1.82, 2.24) is 14.4 Å². The lowest BCUT2D eigenvalue weighted by Gasteiger charge is -2.12. The van der Waals surface area contributed by atoms with E-state index in [1.807, 2.05) is 28.7 Å². The maximum atomic E-state index is 12.6. The molecule has 6 heteroatoms. The van der Waals surface area contributed by atoms with Gasteiger partial charge in [0, 0.05) is 9.26 Å². The van der Waals surface area contributed by atoms with Crippen LogP contribution in [0.2, 0.25) is 0 Å². The average molecular weight is 423 g/mol. The summed E-state index contributed by atoms with van der Waals surface area (Å²) in [4.78, 5) is 19.5. The van der Waals surface area contributed by atoms with Crippen LogP contribution in [-0.4, -0.2) is 19.5 Å². The third-order valence-corrected chi connectivity index (χ3v) is 4.71. The minimum atomic E-state index is -0.171. The van der Waals surface area contributed by atoms with Gasteiger partial charge in [-0.1, -0.05) is 25.5 Å². The molecule has 0 aliphatic heterocycles. The monoisotopic (exact) mass is 423 g/mol. The van der Waals surface area contributed by atoms with E-state index in [0.29, 0.717) is 17.0 Å². The average Bonchev–Trinajstić information content (AvgIpc) is 2.80. The second-order valence-corrected chi connectivity index (χ2v) is 6.81. The van der Waals surface area contributed by atoms with Crippen LogP contribution in [0.5, 0.6) is 5.88 Å². The zero-order valence-corrected chi connectivity index (χ0v) is 15.2. The number of halogens is 1. The summed E-state index contributed by atoms with van der Waals surface area (Å²) < 4.78 is 2.98. The first-order chi connectivity index (χ1) is 11.0. The van der Waals surface area contributed by atoms with Crippen molar-refractivity contribution in [1.29, 1.82) is 0 Å². The Morgan fingerprint density at radius 2 is 2.00 bits per heavy atom. The molecule has 1 aromatic carbocycles. The number of aromatic amines is 1. The molecule has 120 valence electrons. The van der Waals surface area contributed by atoms with Gasteiger partial charge in [0.25, 0.3) is 5.56 Å². The number of aromatic nitrogens is 3. The highest BCUT2D eigenvalue weighted by Gasteiger charge is 2.18. The van der Waals surface area contributed by atoms with Crippen LogP contribution in [0, 0.1) is 10.5 Å². The molecule has 3 rings (SSSR count). The molecule has 0 saturated heterocycles. The van der Waals surface area contributed by atoms with Crippen LogP contribution in [0.3, 0.4) is 0 Å². The molecule has 0 aliphatic rings. The lowest BCUT2D eigenvalue weighted by atomic mass is 10.0. The smallest absolute Gasteiger partial charge is 0.260 e. The van der Waals surface area contributed by atoms with Crippen molar-refractivity contribution < 1.29 is 5.11 Å². The highest BCUT2D eigenvalue weighted by molar-refractivity contribution is 14.1. The molecule has 2 aromatic heterocycles. The standard InChI is InChI=1S/C17H18IN3O2/c1-3-4-5-13-14(11-6-8-12(18)9-7-11)16(23)20-17-19-15(22)10(2)21(13)17/h6-9,22H,3-5H2,1-2H3,(H,19,20,23). The summed E-state index contributed by atoms with van der Waals surface area (Å²) in [5.41, 5.74) is 2.91. The topological polar surface area (TPSA) is 70.4 Å². The van der Waals surface area contributed by atoms with Crippen LogP contribution in [0.4, 0.5) is 0 Å². The maximum absolute atomic E-state index is 12.6. The Labute approximate surface area is 147 Å². The Balaban J connectivity index is 2.34. The molecule has 0 aliphatic carbocycles. The maximum Gasteiger partial charge on any atom is 0.260 e. The number of aromatic hydroxyl groups is 1. The highest BCUT2D eigenvalue weighted by Crippen LogP contribution is 2.26. The molecule has 0 fully saturated rings. The van der Waals surface area contributed by atoms with Gasteiger partial charge in [-0.2, -0.15) is 4.98 Å². The molecular weight excluding hydrogens is 405 g/mol. The summed E-state index contributed by atoms with van der Waals surface area (Å²) in [6.07, 6.45) is 2.75. The fraction of sp³-hybridized carbons (Fsp3) is 0.294. The van der Waals surface area contributed by atoms with E-state index in [-0.39, 0.29) is 11.4 Å². The van der Waals surface area contributed by atoms with E-state index in [4.69, 9.17) is 0 Å². The molecule has 0 radical (unpaired) electrons. The van der Waals surface area contributed by atoms with E-state index in [1.54, 1.807) is 6.92 Å². The molecule has 23 heavy (non-hydrogen) atoms. The zero-order chi connectivity index (χ0) is 16.6. The van der Waals surface area contributed by atoms with Gasteiger partial charge in [-0.3, -0.25) is 14.2 Å². The normalized spacial score (nSPS) is 11.3. The van der Waals surface area contributed by atoms with Crippen LogP contribution in [-0.2, 0) is 6.42 Å². The predicted molar refractivity (Wildman–Crippen MR) is 99.0 cm³/mol. The Bertz CT molecular complexity index is 910. The van der Waals surface area contributed by atoms with E-state index in [1.165, 1.54) is 0 Å². The number of imidazole rings is 1. The summed E-state index contributed by atoms with van der Waals surface area (Å²) >= 11 is 2.24. The van der Waals surface area contributed by atoms with Gasteiger partial charge < -0.3 is 5.11 Å². The van der Waals surface area contributed by atoms with Crippen molar-refractivity contribution in [3.63, 3.8) is 0 Å². The van der Waals surface area contributed by atoms with Crippen LogP contribution in [0.25, 0.3) is 16.9 Å². The summed E-state index contributed by atoms with van der Waals surface area (Å²) in [5, 5.41) is 9.93. The third kappa shape index (κ3) is 2.87. The largest absolute Gasteiger partial charge is 0.492 e. The number of hydrogen-bond acceptors (Lipinski definition) is 3. The van der Waals surface area contributed by atoms with Gasteiger partial charge >= 0.3 is 0 Å². The lowest BCUT2D eigenvalue weighted by Crippen LogP contribution is -2.17. The van der Waals surface area contributed by atoms with Crippen molar-refractivity contribution in [3.8, 4) is 17.0 Å². The SMILES string of the molecule is CCCCc1c(-c2ccc(I)cc2)c(=O)[nH]c2nc(O)c(C)n12. The molecular formula is C17H18IN3O2. The summed E-state index contributed by atoms with van der Waals surface area (Å²) in [6, 6.07) is 7.89. The number of nitrogens with zero attached hydrogens (tertiary/aromatic N) is 2. The van der Waals surface area contributed by atoms with Gasteiger partial charge in [0.05, 0.1) is 11.3 Å². The first-order valence-corrected chi connectivity index (χ1v) is 8.70. The highest BCUT2D eigenvalue weighted by atomic mass is 127. The summed E-state index contributed by atoms with van der Waals surface area (Å²) in [7, 11) is 0. The molecule has 0 saturated carbocycles. The number of hydrogen-bond donors (Lipinski definition) is 2. The van der Waals surface area contributed by atoms with Gasteiger partial charge in [0.2, 0.25) is 11.7 Å². The van der Waals surface area contributed by atoms with Crippen LogP contribution in [0.1, 0.15) is 31.2 Å². The summed E-state index contributed by atoms with van der Waals surface area (Å²) in [5.74, 6) is 0.350. The Morgan fingerprint density at radius 1 is 1.30 bits per heavy atom. The Kier molecular flexibility index (Phi) is 4.43. The van der Waals surface area contributed by atoms with Crippen molar-refractivity contribution >= 4 is 28.4 Å². The third-order valence-electron chi connectivity index (χ3n) is 3.99. The Morgan fingerprint density at radius 3 is 2.65 bits per heavy atom. The van der Waals surface area contributed by atoms with E-state index >= 15 is 0 Å². The fourth-order valence-corrected chi connectivity index (χ4v) is 3.17. The number of nitrogens with one attached hydrogen (secondary N) is 1. The van der Waals surface area contributed by atoms with Crippen molar-refractivity contribution in [2.75, 3.05) is 0 Å². The van der Waals surface area contributed by atoms with E-state index in [9.17, 15) is 9.90 Å². The number of fused-ring (bicyclic) bond motifs is 1. The Hall–Kier alpha value is -1.83. The molecule has 0 unspecified atom stereocenters. The van der Waals surface area contributed by atoms with Gasteiger partial charge in [0.15, 0.2) is 0 Å². The summed E-state index contributed by atoms with van der Waals surface area (Å²) in [6.45, 7) is 3.92. The number of aryl methyl sites for hydroxylation is 2. The second kappa shape index (κ2) is 6.35. The molecule has 0 bridgehead atoms. The molecule has 2 N–H and O–H groups in total. The van der Waals surface area contributed by atoms with Gasteiger partial charge in [-0.15, -0.1) is 0 Å². The molecule has 0 atom stereocenters. The number of rotatable bonds is 4. The first kappa shape index (κ1) is 16.0. The number of benzene rings is 1. The molecule has 0 spiro atoms. The zero-order valence-electron chi connectivity index (χ0n) is 13.1. The van der Waals surface area contributed by atoms with Crippen LogP contribution < -0.4 is 5.56 Å². The molecule has 2 heterocycles. The number of H-pyrrole nitrogens is 1. The van der Waals surface area contributed by atoms with E-state index in [2.05, 4.69) is 39.5 Å². The quantitative estimate of drug-likeness (QED) is 0.630. The van der Waals surface area contributed by atoms with Crippen molar-refractivity contribution in [2.45, 2.75) is 33.1 Å². The van der Waals surface area contributed by atoms with Crippen molar-refractivity contribution in [3.05, 3.63) is 49.6 Å². The van der Waals surface area contributed by atoms with Crippen LogP contribution in [0.15, 0.2) is 29.1 Å². The fourth-order valence-electron chi connectivity index (χ4n) is 2.81. The van der Waals surface area contributed by atoms with Gasteiger partial charge in [-0.05, 0) is 60.1 Å². The predicted octanol–water partition coefficient (Wildman–Crippen LogP) is 3.65. The van der Waals surface area contributed by atoms with Gasteiger partial charge in [-0.25, -0.2) is 0 Å².